The van der Waals surface area contributed by atoms with E-state index in [-0.39, 0.29) is 18.1 Å². The third-order valence-corrected chi connectivity index (χ3v) is 4.25. The Balaban J connectivity index is 1.75. The van der Waals surface area contributed by atoms with Gasteiger partial charge in [-0.05, 0) is 38.2 Å². The number of unbranched alkanes of at least 4 members (excludes halogenated alkanes) is 2. The maximum absolute atomic E-state index is 12.1. The van der Waals surface area contributed by atoms with Crippen LogP contribution in [-0.4, -0.2) is 42.8 Å². The molecule has 1 atom stereocenters. The van der Waals surface area contributed by atoms with Crippen LogP contribution in [-0.2, 0) is 19.1 Å². The highest BCUT2D eigenvalue weighted by molar-refractivity contribution is 6.11. The molecule has 1 unspecified atom stereocenters. The van der Waals surface area contributed by atoms with Gasteiger partial charge in [0.1, 0.15) is 0 Å². The van der Waals surface area contributed by atoms with Crippen molar-refractivity contribution in [1.29, 1.82) is 0 Å². The van der Waals surface area contributed by atoms with Gasteiger partial charge in [0.15, 0.2) is 6.29 Å². The molecule has 0 radical (unpaired) electrons. The highest BCUT2D eigenvalue weighted by atomic mass is 16.7. The monoisotopic (exact) mass is 309 g/mol. The summed E-state index contributed by atoms with van der Waals surface area (Å²) in [5.74, 6) is -0.196. The van der Waals surface area contributed by atoms with Gasteiger partial charge in [-0.25, -0.2) is 0 Å². The zero-order valence-electron chi connectivity index (χ0n) is 13.7. The number of carbonyl (C=O) groups excluding carboxylic acids is 2. The second-order valence-corrected chi connectivity index (χ2v) is 6.11. The molecule has 2 saturated heterocycles. The Labute approximate surface area is 132 Å². The Morgan fingerprint density at radius 1 is 1.36 bits per heavy atom. The molecule has 2 heterocycles. The summed E-state index contributed by atoms with van der Waals surface area (Å²) < 4.78 is 11.2. The van der Waals surface area contributed by atoms with Crippen molar-refractivity contribution in [3.63, 3.8) is 0 Å². The maximum atomic E-state index is 12.1. The third-order valence-electron chi connectivity index (χ3n) is 4.25. The second kappa shape index (κ2) is 8.44. The summed E-state index contributed by atoms with van der Waals surface area (Å²) in [4.78, 5) is 25.4. The van der Waals surface area contributed by atoms with Crippen molar-refractivity contribution in [2.24, 2.45) is 0 Å². The van der Waals surface area contributed by atoms with E-state index in [4.69, 9.17) is 9.47 Å². The fourth-order valence-corrected chi connectivity index (χ4v) is 2.70. The summed E-state index contributed by atoms with van der Waals surface area (Å²) in [6.45, 7) is 5.59. The topological polar surface area (TPSA) is 55.8 Å². The van der Waals surface area contributed by atoms with Gasteiger partial charge in [0.05, 0.1) is 13.2 Å². The van der Waals surface area contributed by atoms with E-state index in [0.717, 1.165) is 56.3 Å². The Morgan fingerprint density at radius 2 is 2.18 bits per heavy atom. The van der Waals surface area contributed by atoms with E-state index in [0.29, 0.717) is 19.6 Å². The van der Waals surface area contributed by atoms with Crippen molar-refractivity contribution >= 4 is 11.8 Å². The Bertz CT molecular complexity index is 438. The van der Waals surface area contributed by atoms with Crippen molar-refractivity contribution in [3.8, 4) is 0 Å². The zero-order chi connectivity index (χ0) is 15.9. The van der Waals surface area contributed by atoms with E-state index >= 15 is 0 Å². The minimum absolute atomic E-state index is 0.0495. The number of β-lactam (4-membered cyclic amide) rings is 1. The molecule has 22 heavy (non-hydrogen) atoms. The Hall–Kier alpha value is -1.20. The van der Waals surface area contributed by atoms with Crippen molar-refractivity contribution in [3.05, 3.63) is 11.1 Å². The number of hydrogen-bond donors (Lipinski definition) is 0. The van der Waals surface area contributed by atoms with Gasteiger partial charge >= 0.3 is 0 Å². The first-order valence-corrected chi connectivity index (χ1v) is 8.40. The number of likely N-dealkylation sites (tertiary alicyclic amines) is 1. The van der Waals surface area contributed by atoms with Crippen LogP contribution in [0.3, 0.4) is 0 Å². The largest absolute Gasteiger partial charge is 0.353 e. The average Bonchev–Trinajstić information content (AvgIpc) is 2.53. The van der Waals surface area contributed by atoms with Crippen molar-refractivity contribution < 1.29 is 19.1 Å². The summed E-state index contributed by atoms with van der Waals surface area (Å²) in [5.41, 5.74) is 1.64. The molecular weight excluding hydrogens is 282 g/mol. The number of nitrogens with zero attached hydrogens (tertiary/aromatic N) is 1. The van der Waals surface area contributed by atoms with Crippen LogP contribution in [0.15, 0.2) is 11.1 Å². The predicted molar refractivity (Wildman–Crippen MR) is 83.1 cm³/mol. The van der Waals surface area contributed by atoms with E-state index in [1.807, 2.05) is 6.92 Å². The van der Waals surface area contributed by atoms with Gasteiger partial charge in [0.25, 0.3) is 5.91 Å². The van der Waals surface area contributed by atoms with Crippen molar-refractivity contribution in [1.82, 2.24) is 4.90 Å². The van der Waals surface area contributed by atoms with Gasteiger partial charge in [0, 0.05) is 18.6 Å². The van der Waals surface area contributed by atoms with Crippen LogP contribution in [0.4, 0.5) is 0 Å². The highest BCUT2D eigenvalue weighted by Crippen LogP contribution is 2.23. The number of imide groups is 1. The molecule has 0 aliphatic carbocycles. The first-order valence-electron chi connectivity index (χ1n) is 8.40. The lowest BCUT2D eigenvalue weighted by Gasteiger charge is -2.33. The number of ether oxygens (including phenoxy) is 2. The molecule has 0 aromatic heterocycles. The lowest BCUT2D eigenvalue weighted by Crippen LogP contribution is -2.50. The molecule has 2 aliphatic heterocycles. The quantitative estimate of drug-likeness (QED) is 0.412. The Kier molecular flexibility index (Phi) is 6.58. The standard InChI is InChI=1S/C17H27NO4/c1-3-4-5-8-15(19)18-11-14(17(18)20)13(2)12-22-16-9-6-7-10-21-16/h16H,3-12H2,1-2H3. The van der Waals surface area contributed by atoms with Gasteiger partial charge in [-0.15, -0.1) is 0 Å². The molecule has 0 aromatic carbocycles. The smallest absolute Gasteiger partial charge is 0.258 e. The van der Waals surface area contributed by atoms with Crippen LogP contribution < -0.4 is 0 Å². The summed E-state index contributed by atoms with van der Waals surface area (Å²) in [6, 6.07) is 0. The van der Waals surface area contributed by atoms with Crippen molar-refractivity contribution in [2.45, 2.75) is 65.1 Å². The number of amides is 2. The second-order valence-electron chi connectivity index (χ2n) is 6.11. The molecule has 124 valence electrons. The fourth-order valence-electron chi connectivity index (χ4n) is 2.70. The molecule has 2 amide bonds. The molecule has 5 nitrogen and oxygen atoms in total. The molecule has 2 rings (SSSR count). The SMILES string of the molecule is CCCCCC(=O)N1CC(=C(C)COC2CCCCO2)C1=O. The molecular formula is C17H27NO4. The van der Waals surface area contributed by atoms with Crippen LogP contribution in [0.2, 0.25) is 0 Å². The maximum Gasteiger partial charge on any atom is 0.258 e. The summed E-state index contributed by atoms with van der Waals surface area (Å²) in [6.07, 6.45) is 6.42. The molecule has 0 spiro atoms. The van der Waals surface area contributed by atoms with E-state index in [9.17, 15) is 9.59 Å². The van der Waals surface area contributed by atoms with E-state index < -0.39 is 0 Å². The van der Waals surface area contributed by atoms with Gasteiger partial charge in [0.2, 0.25) is 5.91 Å². The van der Waals surface area contributed by atoms with Gasteiger partial charge < -0.3 is 9.47 Å². The van der Waals surface area contributed by atoms with Crippen LogP contribution >= 0.6 is 0 Å². The summed E-state index contributed by atoms with van der Waals surface area (Å²) in [7, 11) is 0. The summed E-state index contributed by atoms with van der Waals surface area (Å²) >= 11 is 0. The van der Waals surface area contributed by atoms with E-state index in [2.05, 4.69) is 6.92 Å². The minimum atomic E-state index is -0.147. The third kappa shape index (κ3) is 4.40. The van der Waals surface area contributed by atoms with Crippen LogP contribution in [0.5, 0.6) is 0 Å². The molecule has 0 aromatic rings. The first-order chi connectivity index (χ1) is 10.6. The number of hydrogen-bond acceptors (Lipinski definition) is 4. The van der Waals surface area contributed by atoms with E-state index in [1.54, 1.807) is 0 Å². The molecule has 2 fully saturated rings. The summed E-state index contributed by atoms with van der Waals surface area (Å²) in [5, 5.41) is 0. The molecule has 2 aliphatic rings. The Morgan fingerprint density at radius 3 is 2.82 bits per heavy atom. The molecule has 5 heteroatoms. The molecule has 0 N–H and O–H groups in total. The van der Waals surface area contributed by atoms with Crippen LogP contribution in [0, 0.1) is 0 Å². The zero-order valence-corrected chi connectivity index (χ0v) is 13.7. The lowest BCUT2D eigenvalue weighted by atomic mass is 10.00. The first kappa shape index (κ1) is 17.2. The van der Waals surface area contributed by atoms with Crippen molar-refractivity contribution in [2.75, 3.05) is 19.8 Å². The predicted octanol–water partition coefficient (Wildman–Crippen LogP) is 2.80. The van der Waals surface area contributed by atoms with Crippen LogP contribution in [0.25, 0.3) is 0 Å². The minimum Gasteiger partial charge on any atom is -0.353 e. The molecule has 0 saturated carbocycles. The van der Waals surface area contributed by atoms with Gasteiger partial charge in [-0.3, -0.25) is 14.5 Å². The average molecular weight is 309 g/mol. The molecule has 0 bridgehead atoms. The fraction of sp³-hybridized carbons (Fsp3) is 0.765. The number of carbonyl (C=O) groups is 2. The highest BCUT2D eigenvalue weighted by Gasteiger charge is 2.36. The van der Waals surface area contributed by atoms with E-state index in [1.165, 1.54) is 4.90 Å². The number of rotatable bonds is 7. The van der Waals surface area contributed by atoms with Gasteiger partial charge in [-0.1, -0.05) is 19.8 Å². The lowest BCUT2D eigenvalue weighted by molar-refractivity contribution is -0.158. The van der Waals surface area contributed by atoms with Crippen LogP contribution in [0.1, 0.15) is 58.8 Å². The van der Waals surface area contributed by atoms with Gasteiger partial charge in [-0.2, -0.15) is 0 Å². The normalized spacial score (nSPS) is 24.2.